The van der Waals surface area contributed by atoms with Gasteiger partial charge in [-0.15, -0.1) is 0 Å². The van der Waals surface area contributed by atoms with Crippen LogP contribution in [0.25, 0.3) is 11.4 Å². The van der Waals surface area contributed by atoms with Gasteiger partial charge in [0.2, 0.25) is 0 Å². The second-order valence-corrected chi connectivity index (χ2v) is 8.00. The highest BCUT2D eigenvalue weighted by atomic mass is 16.5. The predicted octanol–water partition coefficient (Wildman–Crippen LogP) is 2.96. The van der Waals surface area contributed by atoms with Gasteiger partial charge in [0.15, 0.2) is 11.2 Å². The van der Waals surface area contributed by atoms with E-state index in [1.165, 1.54) is 19.4 Å². The van der Waals surface area contributed by atoms with Gasteiger partial charge < -0.3 is 23.9 Å². The third-order valence-electron chi connectivity index (χ3n) is 5.84. The van der Waals surface area contributed by atoms with Crippen LogP contribution in [0.15, 0.2) is 23.1 Å². The summed E-state index contributed by atoms with van der Waals surface area (Å²) in [7, 11) is 3.15. The summed E-state index contributed by atoms with van der Waals surface area (Å²) < 4.78 is 18.2. The van der Waals surface area contributed by atoms with Gasteiger partial charge in [0.25, 0.3) is 5.88 Å². The number of ether oxygens (including phenoxy) is 3. The van der Waals surface area contributed by atoms with Crippen LogP contribution in [0, 0.1) is 5.92 Å². The molecule has 8 heteroatoms. The summed E-state index contributed by atoms with van der Waals surface area (Å²) in [5, 5.41) is 9.44. The van der Waals surface area contributed by atoms with Crippen LogP contribution in [0.3, 0.4) is 0 Å². The maximum Gasteiger partial charge on any atom is 0.341 e. The van der Waals surface area contributed by atoms with Crippen molar-refractivity contribution in [3.05, 3.63) is 39.7 Å². The average Bonchev–Trinajstić information content (AvgIpc) is 2.70. The van der Waals surface area contributed by atoms with E-state index in [1.54, 1.807) is 7.11 Å². The van der Waals surface area contributed by atoms with E-state index < -0.39 is 16.9 Å². The smallest absolute Gasteiger partial charge is 0.341 e. The SMILES string of the molecule is COCCCOc1cc2c(nc1OC)-c1cc(=O)c(C(=O)O)cn1[C@](C)(C(C)C)C2. The predicted molar refractivity (Wildman–Crippen MR) is 112 cm³/mol. The number of carboxylic acid groups (broad SMARTS) is 1. The van der Waals surface area contributed by atoms with E-state index >= 15 is 0 Å². The van der Waals surface area contributed by atoms with Crippen molar-refractivity contribution in [2.24, 2.45) is 5.92 Å². The fourth-order valence-electron chi connectivity index (χ4n) is 3.76. The highest BCUT2D eigenvalue weighted by Gasteiger charge is 2.38. The van der Waals surface area contributed by atoms with Crippen molar-refractivity contribution in [3.8, 4) is 23.0 Å². The van der Waals surface area contributed by atoms with Crippen molar-refractivity contribution in [1.29, 1.82) is 0 Å². The van der Waals surface area contributed by atoms with E-state index in [-0.39, 0.29) is 11.5 Å². The lowest BCUT2D eigenvalue weighted by Gasteiger charge is -2.42. The molecule has 0 bridgehead atoms. The molecule has 2 aromatic rings. The third kappa shape index (κ3) is 3.79. The van der Waals surface area contributed by atoms with E-state index in [1.807, 2.05) is 10.6 Å². The molecule has 3 rings (SSSR count). The molecule has 0 saturated heterocycles. The van der Waals surface area contributed by atoms with Crippen LogP contribution < -0.4 is 14.9 Å². The van der Waals surface area contributed by atoms with Crippen molar-refractivity contribution >= 4 is 5.97 Å². The van der Waals surface area contributed by atoms with E-state index in [2.05, 4.69) is 25.8 Å². The summed E-state index contributed by atoms with van der Waals surface area (Å²) in [5.41, 5.74) is 0.864. The molecule has 1 aliphatic heterocycles. The Morgan fingerprint density at radius 3 is 2.63 bits per heavy atom. The zero-order valence-corrected chi connectivity index (χ0v) is 18.0. The van der Waals surface area contributed by atoms with Gasteiger partial charge >= 0.3 is 5.97 Å². The number of aromatic nitrogens is 2. The molecule has 0 aliphatic carbocycles. The lowest BCUT2D eigenvalue weighted by molar-refractivity contribution is 0.0693. The Morgan fingerprint density at radius 1 is 1.30 bits per heavy atom. The highest BCUT2D eigenvalue weighted by molar-refractivity contribution is 5.87. The Labute approximate surface area is 175 Å². The summed E-state index contributed by atoms with van der Waals surface area (Å²) in [6.07, 6.45) is 2.78. The van der Waals surface area contributed by atoms with Gasteiger partial charge in [0.05, 0.1) is 25.1 Å². The van der Waals surface area contributed by atoms with E-state index in [4.69, 9.17) is 14.2 Å². The second-order valence-electron chi connectivity index (χ2n) is 8.00. The number of aromatic carboxylic acids is 1. The van der Waals surface area contributed by atoms with Gasteiger partial charge in [-0.3, -0.25) is 4.79 Å². The quantitative estimate of drug-likeness (QED) is 0.661. The van der Waals surface area contributed by atoms with E-state index in [0.717, 1.165) is 12.0 Å². The maximum atomic E-state index is 12.5. The Morgan fingerprint density at radius 2 is 2.03 bits per heavy atom. The first-order valence-corrected chi connectivity index (χ1v) is 9.93. The van der Waals surface area contributed by atoms with Crippen molar-refractivity contribution in [3.63, 3.8) is 0 Å². The van der Waals surface area contributed by atoms with Gasteiger partial charge in [-0.2, -0.15) is 0 Å². The van der Waals surface area contributed by atoms with Crippen molar-refractivity contribution in [1.82, 2.24) is 9.55 Å². The van der Waals surface area contributed by atoms with Crippen LogP contribution in [-0.2, 0) is 16.7 Å². The Bertz CT molecular complexity index is 1010. The summed E-state index contributed by atoms with van der Waals surface area (Å²) >= 11 is 0. The number of nitrogens with zero attached hydrogens (tertiary/aromatic N) is 2. The molecule has 162 valence electrons. The molecule has 0 unspecified atom stereocenters. The van der Waals surface area contributed by atoms with Crippen molar-refractivity contribution in [2.75, 3.05) is 27.4 Å². The molecule has 30 heavy (non-hydrogen) atoms. The molecule has 1 N–H and O–H groups in total. The zero-order valence-electron chi connectivity index (χ0n) is 18.0. The molecule has 0 radical (unpaired) electrons. The molecular formula is C22H28N2O6. The molecule has 0 amide bonds. The minimum absolute atomic E-state index is 0.168. The third-order valence-corrected chi connectivity index (χ3v) is 5.84. The zero-order chi connectivity index (χ0) is 22.1. The van der Waals surface area contributed by atoms with E-state index in [9.17, 15) is 14.7 Å². The number of carbonyl (C=O) groups is 1. The van der Waals surface area contributed by atoms with Gasteiger partial charge in [0.1, 0.15) is 5.56 Å². The second kappa shape index (κ2) is 8.47. The fraction of sp³-hybridized carbons (Fsp3) is 0.500. The van der Waals surface area contributed by atoms with Gasteiger partial charge in [-0.25, -0.2) is 9.78 Å². The lowest BCUT2D eigenvalue weighted by Crippen LogP contribution is -2.43. The first-order chi connectivity index (χ1) is 14.2. The normalized spacial score (nSPS) is 17.4. The van der Waals surface area contributed by atoms with Crippen LogP contribution in [-0.4, -0.2) is 48.1 Å². The van der Waals surface area contributed by atoms with Gasteiger partial charge in [-0.05, 0) is 30.9 Å². The number of carboxylic acids is 1. The molecule has 8 nitrogen and oxygen atoms in total. The van der Waals surface area contributed by atoms with E-state index in [0.29, 0.717) is 42.7 Å². The molecular weight excluding hydrogens is 388 g/mol. The Balaban J connectivity index is 2.17. The number of hydrogen-bond donors (Lipinski definition) is 1. The average molecular weight is 416 g/mol. The minimum Gasteiger partial charge on any atom is -0.488 e. The first kappa shape index (κ1) is 21.8. The summed E-state index contributed by atoms with van der Waals surface area (Å²) in [5.74, 6) is -0.212. The Kier molecular flexibility index (Phi) is 6.17. The fourth-order valence-corrected chi connectivity index (χ4v) is 3.76. The Hall–Kier alpha value is -2.87. The van der Waals surface area contributed by atoms with Crippen LogP contribution in [0.2, 0.25) is 0 Å². The monoisotopic (exact) mass is 416 g/mol. The highest BCUT2D eigenvalue weighted by Crippen LogP contribution is 2.43. The number of pyridine rings is 2. The number of hydrogen-bond acceptors (Lipinski definition) is 6. The molecule has 0 spiro atoms. The van der Waals surface area contributed by atoms with Crippen molar-refractivity contribution < 1.29 is 24.1 Å². The summed E-state index contributed by atoms with van der Waals surface area (Å²) in [4.78, 5) is 28.6. The van der Waals surface area contributed by atoms with Crippen LogP contribution in [0.4, 0.5) is 0 Å². The molecule has 0 aromatic carbocycles. The number of methoxy groups -OCH3 is 2. The topological polar surface area (TPSA) is 99.9 Å². The molecule has 1 aliphatic rings. The molecule has 3 heterocycles. The largest absolute Gasteiger partial charge is 0.488 e. The standard InChI is InChI=1S/C22H28N2O6/c1-13(2)22(3)11-14-9-18(30-8-6-7-28-4)20(29-5)23-19(14)16-10-17(25)15(21(26)27)12-24(16)22/h9-10,12-13H,6-8,11H2,1-5H3,(H,26,27)/t22-/m0/s1. The molecule has 0 fully saturated rings. The first-order valence-electron chi connectivity index (χ1n) is 9.93. The molecule has 1 atom stereocenters. The van der Waals surface area contributed by atoms with Crippen LogP contribution in [0.1, 0.15) is 43.1 Å². The minimum atomic E-state index is -1.24. The molecule has 0 saturated carbocycles. The van der Waals surface area contributed by atoms with Crippen LogP contribution >= 0.6 is 0 Å². The number of fused-ring (bicyclic) bond motifs is 3. The summed E-state index contributed by atoms with van der Waals surface area (Å²) in [6, 6.07) is 3.27. The maximum absolute atomic E-state index is 12.5. The molecule has 2 aromatic heterocycles. The van der Waals surface area contributed by atoms with Gasteiger partial charge in [0, 0.05) is 37.9 Å². The summed E-state index contributed by atoms with van der Waals surface area (Å²) in [6.45, 7) is 7.26. The van der Waals surface area contributed by atoms with Crippen LogP contribution in [0.5, 0.6) is 11.6 Å². The van der Waals surface area contributed by atoms with Crippen molar-refractivity contribution in [2.45, 2.75) is 39.2 Å². The lowest BCUT2D eigenvalue weighted by atomic mass is 9.78. The van der Waals surface area contributed by atoms with Gasteiger partial charge in [-0.1, -0.05) is 13.8 Å². The number of rotatable bonds is 8.